The summed E-state index contributed by atoms with van der Waals surface area (Å²) in [7, 11) is 3.25. The number of aliphatic imine (C=N–C) groups is 1. The summed E-state index contributed by atoms with van der Waals surface area (Å²) in [6.45, 7) is 1.07. The molecule has 8 nitrogen and oxygen atoms in total. The Morgan fingerprint density at radius 1 is 1.11 bits per heavy atom. The quantitative estimate of drug-likeness (QED) is 0.403. The van der Waals surface area contributed by atoms with Gasteiger partial charge in [-0.3, -0.25) is 14.6 Å². The average molecular weight is 371 g/mol. The second-order valence-corrected chi connectivity index (χ2v) is 5.74. The number of benzene rings is 1. The summed E-state index contributed by atoms with van der Waals surface area (Å²) < 4.78 is 5.16. The summed E-state index contributed by atoms with van der Waals surface area (Å²) >= 11 is 0. The molecular formula is C19H25N5O3. The predicted octanol–water partition coefficient (Wildman–Crippen LogP) is 0.663. The van der Waals surface area contributed by atoms with Crippen LogP contribution in [0.3, 0.4) is 0 Å². The number of carbonyl (C=O) groups excluding carboxylic acids is 2. The maximum atomic E-state index is 11.8. The van der Waals surface area contributed by atoms with Crippen LogP contribution in [0.2, 0.25) is 0 Å². The number of hydrogen-bond donors (Lipinski definition) is 4. The minimum absolute atomic E-state index is 0.104. The van der Waals surface area contributed by atoms with Crippen LogP contribution in [0.4, 0.5) is 0 Å². The van der Waals surface area contributed by atoms with Gasteiger partial charge in [0.15, 0.2) is 5.96 Å². The second-order valence-electron chi connectivity index (χ2n) is 5.74. The van der Waals surface area contributed by atoms with Gasteiger partial charge in [0.1, 0.15) is 5.76 Å². The molecule has 0 aliphatic rings. The van der Waals surface area contributed by atoms with Gasteiger partial charge in [0, 0.05) is 26.2 Å². The number of amides is 2. The highest BCUT2D eigenvalue weighted by Crippen LogP contribution is 2.05. The van der Waals surface area contributed by atoms with E-state index in [9.17, 15) is 9.59 Å². The lowest BCUT2D eigenvalue weighted by Gasteiger charge is -2.12. The van der Waals surface area contributed by atoms with Gasteiger partial charge in [-0.2, -0.15) is 0 Å². The van der Waals surface area contributed by atoms with Crippen LogP contribution in [0.15, 0.2) is 52.1 Å². The van der Waals surface area contributed by atoms with E-state index in [0.717, 1.165) is 12.0 Å². The van der Waals surface area contributed by atoms with E-state index >= 15 is 0 Å². The zero-order valence-corrected chi connectivity index (χ0v) is 15.5. The van der Waals surface area contributed by atoms with Gasteiger partial charge in [-0.25, -0.2) is 0 Å². The van der Waals surface area contributed by atoms with E-state index in [1.54, 1.807) is 38.6 Å². The first-order valence-electron chi connectivity index (χ1n) is 8.67. The van der Waals surface area contributed by atoms with Crippen LogP contribution in [0.25, 0.3) is 0 Å². The topological polar surface area (TPSA) is 108 Å². The van der Waals surface area contributed by atoms with Gasteiger partial charge < -0.3 is 25.7 Å². The Bertz CT molecular complexity index is 771. The van der Waals surface area contributed by atoms with Gasteiger partial charge >= 0.3 is 0 Å². The smallest absolute Gasteiger partial charge is 0.251 e. The van der Waals surface area contributed by atoms with E-state index in [4.69, 9.17) is 4.42 Å². The van der Waals surface area contributed by atoms with Crippen molar-refractivity contribution >= 4 is 17.8 Å². The summed E-state index contributed by atoms with van der Waals surface area (Å²) in [5, 5.41) is 11.5. The molecule has 27 heavy (non-hydrogen) atoms. The molecule has 1 aromatic heterocycles. The second kappa shape index (κ2) is 10.6. The Balaban J connectivity index is 1.71. The summed E-state index contributed by atoms with van der Waals surface area (Å²) in [5.41, 5.74) is 1.67. The zero-order valence-electron chi connectivity index (χ0n) is 15.5. The monoisotopic (exact) mass is 371 g/mol. The normalized spacial score (nSPS) is 11.0. The van der Waals surface area contributed by atoms with Crippen LogP contribution in [-0.2, 0) is 17.8 Å². The van der Waals surface area contributed by atoms with Crippen molar-refractivity contribution in [2.75, 3.05) is 27.2 Å². The van der Waals surface area contributed by atoms with Gasteiger partial charge in [0.05, 0.1) is 19.4 Å². The molecule has 144 valence electrons. The Morgan fingerprint density at radius 3 is 2.67 bits per heavy atom. The summed E-state index contributed by atoms with van der Waals surface area (Å²) in [4.78, 5) is 27.6. The van der Waals surface area contributed by atoms with Crippen LogP contribution in [-0.4, -0.2) is 45.0 Å². The van der Waals surface area contributed by atoms with Crippen molar-refractivity contribution in [3.8, 4) is 0 Å². The third kappa shape index (κ3) is 6.85. The first-order chi connectivity index (χ1) is 13.1. The molecule has 8 heteroatoms. The van der Waals surface area contributed by atoms with E-state index in [1.165, 1.54) is 0 Å². The lowest BCUT2D eigenvalue weighted by Crippen LogP contribution is -2.43. The Kier molecular flexibility index (Phi) is 7.90. The number of guanidine groups is 1. The van der Waals surface area contributed by atoms with Gasteiger partial charge in [-0.1, -0.05) is 12.1 Å². The van der Waals surface area contributed by atoms with E-state index in [0.29, 0.717) is 30.4 Å². The first-order valence-corrected chi connectivity index (χ1v) is 8.67. The molecule has 2 aromatic rings. The first kappa shape index (κ1) is 20.0. The average Bonchev–Trinajstić information content (AvgIpc) is 3.22. The Morgan fingerprint density at radius 2 is 1.96 bits per heavy atom. The van der Waals surface area contributed by atoms with Crippen LogP contribution in [0.1, 0.15) is 21.7 Å². The highest BCUT2D eigenvalue weighted by Gasteiger charge is 2.06. The Hall–Kier alpha value is -3.29. The number of furan rings is 1. The third-order valence-electron chi connectivity index (χ3n) is 3.80. The van der Waals surface area contributed by atoms with E-state index in [2.05, 4.69) is 26.3 Å². The lowest BCUT2D eigenvalue weighted by atomic mass is 10.1. The molecule has 2 amide bonds. The zero-order chi connectivity index (χ0) is 19.5. The SMILES string of the molecule is CN=C(NCCc1cccc(C(=O)NC)c1)NCC(=O)NCc1ccco1. The summed E-state index contributed by atoms with van der Waals surface area (Å²) in [5.74, 6) is 0.964. The van der Waals surface area contributed by atoms with Crippen LogP contribution < -0.4 is 21.3 Å². The molecular weight excluding hydrogens is 346 g/mol. The maximum Gasteiger partial charge on any atom is 0.251 e. The van der Waals surface area contributed by atoms with Gasteiger partial charge in [-0.15, -0.1) is 0 Å². The van der Waals surface area contributed by atoms with E-state index in [1.807, 2.05) is 18.2 Å². The van der Waals surface area contributed by atoms with Crippen molar-refractivity contribution in [1.82, 2.24) is 21.3 Å². The molecule has 0 spiro atoms. The standard InChI is InChI=1S/C19H25N5O3/c1-20-18(26)15-6-3-5-14(11-15)8-9-22-19(21-2)24-13-17(25)23-12-16-7-4-10-27-16/h3-7,10-11H,8-9,12-13H2,1-2H3,(H,20,26)(H,23,25)(H2,21,22,24). The van der Waals surface area contributed by atoms with Crippen molar-refractivity contribution in [3.05, 3.63) is 59.5 Å². The highest BCUT2D eigenvalue weighted by atomic mass is 16.3. The van der Waals surface area contributed by atoms with Crippen molar-refractivity contribution < 1.29 is 14.0 Å². The molecule has 2 rings (SSSR count). The van der Waals surface area contributed by atoms with Gasteiger partial charge in [0.2, 0.25) is 5.91 Å². The molecule has 0 radical (unpaired) electrons. The summed E-state index contributed by atoms with van der Waals surface area (Å²) in [6, 6.07) is 11.0. The fraction of sp³-hybridized carbons (Fsp3) is 0.316. The number of nitrogens with zero attached hydrogens (tertiary/aromatic N) is 1. The van der Waals surface area contributed by atoms with Gasteiger partial charge in [-0.05, 0) is 36.2 Å². The Labute approximate surface area is 158 Å². The largest absolute Gasteiger partial charge is 0.467 e. The number of nitrogens with one attached hydrogen (secondary N) is 4. The number of hydrogen-bond acceptors (Lipinski definition) is 4. The van der Waals surface area contributed by atoms with Crippen LogP contribution in [0, 0.1) is 0 Å². The number of rotatable bonds is 8. The molecule has 4 N–H and O–H groups in total. The maximum absolute atomic E-state index is 11.8. The molecule has 0 saturated heterocycles. The molecule has 0 fully saturated rings. The molecule has 1 aromatic carbocycles. The summed E-state index contributed by atoms with van der Waals surface area (Å²) in [6.07, 6.45) is 2.28. The van der Waals surface area contributed by atoms with Gasteiger partial charge in [0.25, 0.3) is 5.91 Å². The number of carbonyl (C=O) groups is 2. The minimum Gasteiger partial charge on any atom is -0.467 e. The van der Waals surface area contributed by atoms with Crippen molar-refractivity contribution in [2.24, 2.45) is 4.99 Å². The van der Waals surface area contributed by atoms with E-state index < -0.39 is 0 Å². The fourth-order valence-corrected chi connectivity index (χ4v) is 2.38. The van der Waals surface area contributed by atoms with Crippen LogP contribution in [0.5, 0.6) is 0 Å². The van der Waals surface area contributed by atoms with Crippen LogP contribution >= 0.6 is 0 Å². The molecule has 0 unspecified atom stereocenters. The lowest BCUT2D eigenvalue weighted by molar-refractivity contribution is -0.120. The fourth-order valence-electron chi connectivity index (χ4n) is 2.38. The van der Waals surface area contributed by atoms with Crippen molar-refractivity contribution in [1.29, 1.82) is 0 Å². The molecule has 1 heterocycles. The molecule has 0 bridgehead atoms. The molecule has 0 aliphatic heterocycles. The van der Waals surface area contributed by atoms with Crippen molar-refractivity contribution in [2.45, 2.75) is 13.0 Å². The third-order valence-corrected chi connectivity index (χ3v) is 3.80. The molecule has 0 saturated carbocycles. The van der Waals surface area contributed by atoms with Crippen molar-refractivity contribution in [3.63, 3.8) is 0 Å². The minimum atomic E-state index is -0.160. The van der Waals surface area contributed by atoms with E-state index in [-0.39, 0.29) is 18.4 Å². The molecule has 0 aliphatic carbocycles. The predicted molar refractivity (Wildman–Crippen MR) is 103 cm³/mol. The molecule has 0 atom stereocenters. The highest BCUT2D eigenvalue weighted by molar-refractivity contribution is 5.94.